The number of rotatable bonds is 8. The van der Waals surface area contributed by atoms with Crippen LogP contribution in [-0.4, -0.2) is 24.5 Å². The maximum atomic E-state index is 3.56. The first-order chi connectivity index (χ1) is 11.9. The van der Waals surface area contributed by atoms with Crippen molar-refractivity contribution in [3.05, 3.63) is 71.3 Å². The smallest absolute Gasteiger partial charge is 0.0233 e. The molecule has 1 N–H and O–H groups in total. The Bertz CT molecular complexity index is 571. The van der Waals surface area contributed by atoms with Gasteiger partial charge in [-0.05, 0) is 62.0 Å². The van der Waals surface area contributed by atoms with Crippen LogP contribution in [0.25, 0.3) is 0 Å². The molecule has 0 radical (unpaired) electrons. The molecule has 24 heavy (non-hydrogen) atoms. The highest BCUT2D eigenvalue weighted by Gasteiger charge is 2.09. The van der Waals surface area contributed by atoms with Crippen LogP contribution in [0, 0.1) is 0 Å². The Kier molecular flexibility index (Phi) is 6.88. The standard InChI is InChI=1S/C22H30N2/c1-3-8-20(9-4-1)10-7-15-23-18-21-11-13-22(14-12-21)19-24-16-5-2-6-17-24/h1,3-4,8-9,11-14,23H,2,5-7,10,15-19H2. The molecule has 2 nitrogen and oxygen atoms in total. The molecule has 1 fully saturated rings. The summed E-state index contributed by atoms with van der Waals surface area (Å²) in [7, 11) is 0. The minimum atomic E-state index is 0.971. The third-order valence-electron chi connectivity index (χ3n) is 4.87. The first-order valence-corrected chi connectivity index (χ1v) is 9.45. The van der Waals surface area contributed by atoms with E-state index < -0.39 is 0 Å². The summed E-state index contributed by atoms with van der Waals surface area (Å²) in [5, 5.41) is 3.56. The number of aryl methyl sites for hydroxylation is 1. The fraction of sp³-hybridized carbons (Fsp3) is 0.455. The van der Waals surface area contributed by atoms with Gasteiger partial charge < -0.3 is 5.32 Å². The lowest BCUT2D eigenvalue weighted by Crippen LogP contribution is -2.29. The van der Waals surface area contributed by atoms with Gasteiger partial charge in [0.25, 0.3) is 0 Å². The highest BCUT2D eigenvalue weighted by molar-refractivity contribution is 5.22. The summed E-state index contributed by atoms with van der Waals surface area (Å²) in [6.07, 6.45) is 6.49. The lowest BCUT2D eigenvalue weighted by molar-refractivity contribution is 0.221. The number of nitrogens with zero attached hydrogens (tertiary/aromatic N) is 1. The Hall–Kier alpha value is -1.64. The summed E-state index contributed by atoms with van der Waals surface area (Å²) in [6, 6.07) is 19.9. The van der Waals surface area contributed by atoms with E-state index in [9.17, 15) is 0 Å². The third-order valence-corrected chi connectivity index (χ3v) is 4.87. The van der Waals surface area contributed by atoms with Crippen LogP contribution in [0.3, 0.4) is 0 Å². The van der Waals surface area contributed by atoms with E-state index in [-0.39, 0.29) is 0 Å². The first-order valence-electron chi connectivity index (χ1n) is 9.45. The molecule has 0 spiro atoms. The van der Waals surface area contributed by atoms with Crippen molar-refractivity contribution in [1.29, 1.82) is 0 Å². The van der Waals surface area contributed by atoms with Gasteiger partial charge in [-0.25, -0.2) is 0 Å². The third kappa shape index (κ3) is 5.77. The predicted molar refractivity (Wildman–Crippen MR) is 102 cm³/mol. The minimum absolute atomic E-state index is 0.971. The first kappa shape index (κ1) is 17.2. The van der Waals surface area contributed by atoms with Crippen molar-refractivity contribution in [2.24, 2.45) is 0 Å². The van der Waals surface area contributed by atoms with Crippen molar-refractivity contribution in [2.45, 2.75) is 45.2 Å². The zero-order chi connectivity index (χ0) is 16.5. The molecule has 2 heteroatoms. The van der Waals surface area contributed by atoms with Crippen LogP contribution in [0.1, 0.15) is 42.4 Å². The number of piperidine rings is 1. The van der Waals surface area contributed by atoms with Crippen LogP contribution in [0.4, 0.5) is 0 Å². The molecule has 0 bridgehead atoms. The van der Waals surface area contributed by atoms with Gasteiger partial charge in [0.15, 0.2) is 0 Å². The number of benzene rings is 2. The summed E-state index contributed by atoms with van der Waals surface area (Å²) in [4.78, 5) is 2.58. The molecule has 0 aromatic heterocycles. The Labute approximate surface area is 146 Å². The van der Waals surface area contributed by atoms with Crippen molar-refractivity contribution in [3.8, 4) is 0 Å². The molecule has 128 valence electrons. The fourth-order valence-electron chi connectivity index (χ4n) is 3.43. The van der Waals surface area contributed by atoms with Crippen LogP contribution >= 0.6 is 0 Å². The van der Waals surface area contributed by atoms with Crippen molar-refractivity contribution in [1.82, 2.24) is 10.2 Å². The van der Waals surface area contributed by atoms with Gasteiger partial charge >= 0.3 is 0 Å². The summed E-state index contributed by atoms with van der Waals surface area (Å²) in [6.45, 7) is 5.70. The highest BCUT2D eigenvalue weighted by Crippen LogP contribution is 2.13. The molecule has 2 aromatic carbocycles. The molecule has 0 unspecified atom stereocenters. The van der Waals surface area contributed by atoms with Gasteiger partial charge in [-0.15, -0.1) is 0 Å². The van der Waals surface area contributed by atoms with Crippen molar-refractivity contribution in [2.75, 3.05) is 19.6 Å². The van der Waals surface area contributed by atoms with E-state index in [1.807, 2.05) is 0 Å². The number of nitrogens with one attached hydrogen (secondary N) is 1. The Morgan fingerprint density at radius 1 is 0.750 bits per heavy atom. The minimum Gasteiger partial charge on any atom is -0.313 e. The second-order valence-electron chi connectivity index (χ2n) is 6.92. The van der Waals surface area contributed by atoms with Gasteiger partial charge in [0.05, 0.1) is 0 Å². The number of likely N-dealkylation sites (tertiary alicyclic amines) is 1. The molecule has 1 aliphatic heterocycles. The van der Waals surface area contributed by atoms with E-state index in [1.165, 1.54) is 55.5 Å². The largest absolute Gasteiger partial charge is 0.313 e. The van der Waals surface area contributed by atoms with Gasteiger partial charge in [0.2, 0.25) is 0 Å². The van der Waals surface area contributed by atoms with Crippen molar-refractivity contribution in [3.63, 3.8) is 0 Å². The van der Waals surface area contributed by atoms with E-state index in [1.54, 1.807) is 0 Å². The second-order valence-corrected chi connectivity index (χ2v) is 6.92. The molecule has 0 atom stereocenters. The maximum Gasteiger partial charge on any atom is 0.0233 e. The molecule has 0 amide bonds. The SMILES string of the molecule is c1ccc(CCCNCc2ccc(CN3CCCCC3)cc2)cc1. The van der Waals surface area contributed by atoms with Gasteiger partial charge in [0.1, 0.15) is 0 Å². The molecule has 2 aromatic rings. The molecule has 1 heterocycles. The summed E-state index contributed by atoms with van der Waals surface area (Å²) in [5.74, 6) is 0. The molecule has 3 rings (SSSR count). The second kappa shape index (κ2) is 9.61. The van der Waals surface area contributed by atoms with Gasteiger partial charge in [-0.1, -0.05) is 61.0 Å². The Morgan fingerprint density at radius 2 is 1.46 bits per heavy atom. The van der Waals surface area contributed by atoms with E-state index >= 15 is 0 Å². The number of hydrogen-bond donors (Lipinski definition) is 1. The molecule has 1 aliphatic rings. The average molecular weight is 322 g/mol. The molecular formula is C22H30N2. The van der Waals surface area contributed by atoms with Crippen LogP contribution in [0.5, 0.6) is 0 Å². The van der Waals surface area contributed by atoms with Gasteiger partial charge in [-0.2, -0.15) is 0 Å². The molecular weight excluding hydrogens is 292 g/mol. The van der Waals surface area contributed by atoms with Crippen LogP contribution in [-0.2, 0) is 19.5 Å². The lowest BCUT2D eigenvalue weighted by Gasteiger charge is -2.26. The van der Waals surface area contributed by atoms with Crippen LogP contribution in [0.2, 0.25) is 0 Å². The Morgan fingerprint density at radius 3 is 2.21 bits per heavy atom. The zero-order valence-electron chi connectivity index (χ0n) is 14.7. The normalized spacial score (nSPS) is 15.5. The van der Waals surface area contributed by atoms with E-state index in [0.29, 0.717) is 0 Å². The topological polar surface area (TPSA) is 15.3 Å². The number of hydrogen-bond acceptors (Lipinski definition) is 2. The molecule has 0 aliphatic carbocycles. The van der Waals surface area contributed by atoms with Crippen LogP contribution in [0.15, 0.2) is 54.6 Å². The monoisotopic (exact) mass is 322 g/mol. The molecule has 0 saturated carbocycles. The quantitative estimate of drug-likeness (QED) is 0.725. The zero-order valence-corrected chi connectivity index (χ0v) is 14.7. The van der Waals surface area contributed by atoms with E-state index in [2.05, 4.69) is 64.8 Å². The lowest BCUT2D eigenvalue weighted by atomic mass is 10.1. The highest BCUT2D eigenvalue weighted by atomic mass is 15.1. The van der Waals surface area contributed by atoms with Crippen molar-refractivity contribution >= 4 is 0 Å². The summed E-state index contributed by atoms with van der Waals surface area (Å²) < 4.78 is 0. The Balaban J connectivity index is 1.33. The van der Waals surface area contributed by atoms with E-state index in [0.717, 1.165) is 26.1 Å². The maximum absolute atomic E-state index is 3.56. The van der Waals surface area contributed by atoms with E-state index in [4.69, 9.17) is 0 Å². The predicted octanol–water partition coefficient (Wildman–Crippen LogP) is 4.39. The van der Waals surface area contributed by atoms with Crippen LogP contribution < -0.4 is 5.32 Å². The van der Waals surface area contributed by atoms with Crippen molar-refractivity contribution < 1.29 is 0 Å². The fourth-order valence-corrected chi connectivity index (χ4v) is 3.43. The van der Waals surface area contributed by atoms with Gasteiger partial charge in [0, 0.05) is 13.1 Å². The average Bonchev–Trinajstić information content (AvgIpc) is 2.65. The summed E-state index contributed by atoms with van der Waals surface area (Å²) >= 11 is 0. The van der Waals surface area contributed by atoms with Gasteiger partial charge in [-0.3, -0.25) is 4.90 Å². The summed E-state index contributed by atoms with van der Waals surface area (Å²) in [5.41, 5.74) is 4.27. The molecule has 1 saturated heterocycles.